The van der Waals surface area contributed by atoms with Crippen molar-refractivity contribution in [3.8, 4) is 11.5 Å². The smallest absolute Gasteiger partial charge is 0.231 e. The van der Waals surface area contributed by atoms with Crippen molar-refractivity contribution in [1.29, 1.82) is 0 Å². The molecule has 1 aliphatic heterocycles. The molecule has 0 aromatic heterocycles. The minimum Gasteiger partial charge on any atom is -0.454 e. The first-order valence-corrected chi connectivity index (χ1v) is 6.42. The highest BCUT2D eigenvalue weighted by Gasteiger charge is 2.26. The van der Waals surface area contributed by atoms with Crippen LogP contribution in [0, 0.1) is 5.92 Å². The summed E-state index contributed by atoms with van der Waals surface area (Å²) in [6.45, 7) is 0.358. The summed E-state index contributed by atoms with van der Waals surface area (Å²) < 4.78 is 10.7. The molecule has 0 saturated heterocycles. The molecule has 3 nitrogen and oxygen atoms in total. The Morgan fingerprint density at radius 2 is 2.12 bits per heavy atom. The van der Waals surface area contributed by atoms with E-state index in [-0.39, 0.29) is 0 Å². The van der Waals surface area contributed by atoms with Crippen LogP contribution in [0.1, 0.15) is 24.8 Å². The predicted molar refractivity (Wildman–Crippen MR) is 66.5 cm³/mol. The Morgan fingerprint density at radius 1 is 1.29 bits per heavy atom. The van der Waals surface area contributed by atoms with Gasteiger partial charge >= 0.3 is 0 Å². The number of benzene rings is 1. The Labute approximate surface area is 102 Å². The van der Waals surface area contributed by atoms with Crippen molar-refractivity contribution in [1.82, 2.24) is 5.32 Å². The Balaban J connectivity index is 1.71. The van der Waals surface area contributed by atoms with Crippen molar-refractivity contribution in [3.63, 3.8) is 0 Å². The lowest BCUT2D eigenvalue weighted by atomic mass is 9.77. The lowest BCUT2D eigenvalue weighted by Gasteiger charge is -2.33. The van der Waals surface area contributed by atoms with Gasteiger partial charge in [-0.05, 0) is 49.9 Å². The van der Waals surface area contributed by atoms with E-state index < -0.39 is 0 Å². The number of likely N-dealkylation sites (N-methyl/N-ethyl adjacent to an activating group) is 1. The van der Waals surface area contributed by atoms with E-state index in [1.165, 1.54) is 24.8 Å². The Morgan fingerprint density at radius 3 is 2.82 bits per heavy atom. The van der Waals surface area contributed by atoms with Crippen LogP contribution in [0.4, 0.5) is 0 Å². The van der Waals surface area contributed by atoms with E-state index in [2.05, 4.69) is 24.5 Å². The summed E-state index contributed by atoms with van der Waals surface area (Å²) in [6.07, 6.45) is 5.22. The average molecular weight is 233 g/mol. The van der Waals surface area contributed by atoms with E-state index in [4.69, 9.17) is 9.47 Å². The SMILES string of the molecule is CNC(Cc1ccc2c(c1)OCO2)C1CCC1. The molecule has 1 aliphatic carbocycles. The molecule has 1 heterocycles. The maximum absolute atomic E-state index is 5.41. The fraction of sp³-hybridized carbons (Fsp3) is 0.571. The highest BCUT2D eigenvalue weighted by atomic mass is 16.7. The van der Waals surface area contributed by atoms with Crippen LogP contribution in [-0.2, 0) is 6.42 Å². The molecule has 0 bridgehead atoms. The van der Waals surface area contributed by atoms with Crippen molar-refractivity contribution in [3.05, 3.63) is 23.8 Å². The van der Waals surface area contributed by atoms with E-state index >= 15 is 0 Å². The van der Waals surface area contributed by atoms with E-state index in [1.54, 1.807) is 0 Å². The maximum atomic E-state index is 5.41. The lowest BCUT2D eigenvalue weighted by Crippen LogP contribution is -2.38. The van der Waals surface area contributed by atoms with Gasteiger partial charge in [-0.15, -0.1) is 0 Å². The summed E-state index contributed by atoms with van der Waals surface area (Å²) >= 11 is 0. The van der Waals surface area contributed by atoms with Crippen molar-refractivity contribution in [2.75, 3.05) is 13.8 Å². The second-order valence-electron chi connectivity index (χ2n) is 4.98. The van der Waals surface area contributed by atoms with Crippen molar-refractivity contribution < 1.29 is 9.47 Å². The fourth-order valence-corrected chi connectivity index (χ4v) is 2.67. The fourth-order valence-electron chi connectivity index (χ4n) is 2.67. The normalized spacial score (nSPS) is 20.1. The molecule has 1 atom stereocenters. The molecule has 1 aromatic rings. The van der Waals surface area contributed by atoms with Crippen LogP contribution in [0.15, 0.2) is 18.2 Å². The molecule has 1 fully saturated rings. The van der Waals surface area contributed by atoms with Gasteiger partial charge in [-0.25, -0.2) is 0 Å². The van der Waals surface area contributed by atoms with Crippen LogP contribution in [0.5, 0.6) is 11.5 Å². The molecule has 3 heteroatoms. The summed E-state index contributed by atoms with van der Waals surface area (Å²) in [6, 6.07) is 6.89. The molecule has 1 saturated carbocycles. The first-order valence-electron chi connectivity index (χ1n) is 6.42. The summed E-state index contributed by atoms with van der Waals surface area (Å²) in [5, 5.41) is 3.45. The molecule has 1 unspecified atom stereocenters. The molecule has 1 aromatic carbocycles. The minimum atomic E-state index is 0.358. The van der Waals surface area contributed by atoms with Crippen LogP contribution >= 0.6 is 0 Å². The summed E-state index contributed by atoms with van der Waals surface area (Å²) in [5.74, 6) is 2.62. The summed E-state index contributed by atoms with van der Waals surface area (Å²) in [5.41, 5.74) is 1.33. The number of rotatable bonds is 4. The van der Waals surface area contributed by atoms with Crippen LogP contribution in [0.3, 0.4) is 0 Å². The van der Waals surface area contributed by atoms with Gasteiger partial charge in [0.1, 0.15) is 0 Å². The Kier molecular flexibility index (Phi) is 2.93. The third-order valence-corrected chi connectivity index (χ3v) is 3.98. The van der Waals surface area contributed by atoms with Gasteiger partial charge in [-0.2, -0.15) is 0 Å². The van der Waals surface area contributed by atoms with E-state index in [0.29, 0.717) is 12.8 Å². The number of ether oxygens (including phenoxy) is 2. The topological polar surface area (TPSA) is 30.5 Å². The number of nitrogens with one attached hydrogen (secondary N) is 1. The van der Waals surface area contributed by atoms with Crippen molar-refractivity contribution >= 4 is 0 Å². The first kappa shape index (κ1) is 10.9. The summed E-state index contributed by atoms with van der Waals surface area (Å²) in [4.78, 5) is 0. The van der Waals surface area contributed by atoms with Gasteiger partial charge < -0.3 is 14.8 Å². The number of fused-ring (bicyclic) bond motifs is 1. The highest BCUT2D eigenvalue weighted by Crippen LogP contribution is 2.35. The lowest BCUT2D eigenvalue weighted by molar-refractivity contribution is 0.174. The van der Waals surface area contributed by atoms with Gasteiger partial charge in [0.05, 0.1) is 0 Å². The monoisotopic (exact) mass is 233 g/mol. The molecule has 0 spiro atoms. The third-order valence-electron chi connectivity index (χ3n) is 3.98. The van der Waals surface area contributed by atoms with Crippen LogP contribution < -0.4 is 14.8 Å². The molecule has 0 amide bonds. The summed E-state index contributed by atoms with van der Waals surface area (Å²) in [7, 11) is 2.07. The van der Waals surface area contributed by atoms with E-state index in [1.807, 2.05) is 6.07 Å². The Bertz CT molecular complexity index is 401. The van der Waals surface area contributed by atoms with Gasteiger partial charge in [0.15, 0.2) is 11.5 Å². The third kappa shape index (κ3) is 2.12. The first-order chi connectivity index (χ1) is 8.36. The zero-order valence-electron chi connectivity index (χ0n) is 10.2. The van der Waals surface area contributed by atoms with Gasteiger partial charge in [0, 0.05) is 6.04 Å². The van der Waals surface area contributed by atoms with Gasteiger partial charge in [0.25, 0.3) is 0 Å². The highest BCUT2D eigenvalue weighted by molar-refractivity contribution is 5.44. The Hall–Kier alpha value is -1.22. The molecule has 1 N–H and O–H groups in total. The number of hydrogen-bond acceptors (Lipinski definition) is 3. The largest absolute Gasteiger partial charge is 0.454 e. The zero-order chi connectivity index (χ0) is 11.7. The zero-order valence-corrected chi connectivity index (χ0v) is 10.2. The average Bonchev–Trinajstić information content (AvgIpc) is 2.72. The molecule has 2 aliphatic rings. The van der Waals surface area contributed by atoms with E-state index in [0.717, 1.165) is 23.8 Å². The van der Waals surface area contributed by atoms with Crippen molar-refractivity contribution in [2.24, 2.45) is 5.92 Å². The standard InChI is InChI=1S/C14H19NO2/c1-15-12(11-3-2-4-11)7-10-5-6-13-14(8-10)17-9-16-13/h5-6,8,11-12,15H,2-4,7,9H2,1H3. The molecule has 92 valence electrons. The maximum Gasteiger partial charge on any atom is 0.231 e. The number of hydrogen-bond donors (Lipinski definition) is 1. The van der Waals surface area contributed by atoms with Gasteiger partial charge in [-0.1, -0.05) is 12.5 Å². The van der Waals surface area contributed by atoms with Gasteiger partial charge in [-0.3, -0.25) is 0 Å². The predicted octanol–water partition coefficient (Wildman–Crippen LogP) is 2.35. The molecular formula is C14H19NO2. The second kappa shape index (κ2) is 4.57. The molecule has 0 radical (unpaired) electrons. The molecule has 3 rings (SSSR count). The van der Waals surface area contributed by atoms with Crippen LogP contribution in [0.2, 0.25) is 0 Å². The molecular weight excluding hydrogens is 214 g/mol. The minimum absolute atomic E-state index is 0.358. The second-order valence-corrected chi connectivity index (χ2v) is 4.98. The molecule has 17 heavy (non-hydrogen) atoms. The van der Waals surface area contributed by atoms with Crippen LogP contribution in [0.25, 0.3) is 0 Å². The van der Waals surface area contributed by atoms with Crippen LogP contribution in [-0.4, -0.2) is 19.9 Å². The van der Waals surface area contributed by atoms with Gasteiger partial charge in [0.2, 0.25) is 6.79 Å². The quantitative estimate of drug-likeness (QED) is 0.866. The van der Waals surface area contributed by atoms with E-state index in [9.17, 15) is 0 Å². The van der Waals surface area contributed by atoms with Crippen molar-refractivity contribution in [2.45, 2.75) is 31.7 Å².